The summed E-state index contributed by atoms with van der Waals surface area (Å²) in [5.74, 6) is 1.07. The van der Waals surface area contributed by atoms with Crippen LogP contribution in [0.3, 0.4) is 0 Å². The quantitative estimate of drug-likeness (QED) is 0.913. The first kappa shape index (κ1) is 15.7. The lowest BCUT2D eigenvalue weighted by Gasteiger charge is -2.12. The van der Waals surface area contributed by atoms with E-state index in [0.29, 0.717) is 16.7 Å². The van der Waals surface area contributed by atoms with E-state index in [1.165, 1.54) is 17.4 Å². The fourth-order valence-electron chi connectivity index (χ4n) is 1.59. The Morgan fingerprint density at radius 3 is 2.57 bits per heavy atom. The van der Waals surface area contributed by atoms with E-state index >= 15 is 0 Å². The van der Waals surface area contributed by atoms with Gasteiger partial charge in [0.2, 0.25) is 10.0 Å². The second-order valence-corrected chi connectivity index (χ2v) is 6.85. The lowest BCUT2D eigenvalue weighted by molar-refractivity contribution is 0.465. The monoisotopic (exact) mass is 326 g/mol. The summed E-state index contributed by atoms with van der Waals surface area (Å²) in [6.07, 6.45) is 1.52. The van der Waals surface area contributed by atoms with Crippen molar-refractivity contribution < 1.29 is 8.42 Å². The minimum atomic E-state index is -3.53. The Kier molecular flexibility index (Phi) is 4.76. The first-order chi connectivity index (χ1) is 9.87. The Bertz CT molecular complexity index is 738. The highest BCUT2D eigenvalue weighted by molar-refractivity contribution is 7.92. The second kappa shape index (κ2) is 6.38. The van der Waals surface area contributed by atoms with Crippen molar-refractivity contribution in [3.8, 4) is 0 Å². The van der Waals surface area contributed by atoms with Crippen molar-refractivity contribution in [2.45, 2.75) is 13.5 Å². The van der Waals surface area contributed by atoms with Crippen LogP contribution in [-0.2, 0) is 16.6 Å². The first-order valence-electron chi connectivity index (χ1n) is 6.15. The highest BCUT2D eigenvalue weighted by Gasteiger charge is 2.16. The summed E-state index contributed by atoms with van der Waals surface area (Å²) < 4.78 is 25.4. The number of aryl methyl sites for hydroxylation is 1. The lowest BCUT2D eigenvalue weighted by Crippen LogP contribution is -2.24. The average molecular weight is 327 g/mol. The van der Waals surface area contributed by atoms with Gasteiger partial charge < -0.3 is 0 Å². The maximum Gasteiger partial charge on any atom is 0.236 e. The molecule has 1 aromatic heterocycles. The number of rotatable bonds is 5. The standard InChI is InChI=1S/C13H15ClN4O2S/c1-10-15-13(17-16-10)9-18(2)21(19,20)8-7-11-3-5-12(14)6-4-11/h3-8H,9H2,1-2H3,(H,15,16,17). The zero-order valence-corrected chi connectivity index (χ0v) is 13.2. The molecule has 0 atom stereocenters. The molecule has 0 fully saturated rings. The van der Waals surface area contributed by atoms with Crippen molar-refractivity contribution in [2.24, 2.45) is 0 Å². The lowest BCUT2D eigenvalue weighted by atomic mass is 10.2. The molecule has 21 heavy (non-hydrogen) atoms. The maximum absolute atomic E-state index is 12.1. The summed E-state index contributed by atoms with van der Waals surface area (Å²) >= 11 is 5.78. The molecule has 0 radical (unpaired) electrons. The third-order valence-electron chi connectivity index (χ3n) is 2.74. The molecular weight excluding hydrogens is 312 g/mol. The summed E-state index contributed by atoms with van der Waals surface area (Å²) in [5.41, 5.74) is 0.755. The molecule has 0 aliphatic carbocycles. The Balaban J connectivity index is 2.08. The SMILES string of the molecule is Cc1nc(CN(C)S(=O)(=O)C=Cc2ccc(Cl)cc2)n[nH]1. The van der Waals surface area contributed by atoms with Gasteiger partial charge in [0.1, 0.15) is 5.82 Å². The number of halogens is 1. The van der Waals surface area contributed by atoms with Gasteiger partial charge in [-0.15, -0.1) is 0 Å². The van der Waals surface area contributed by atoms with Crippen molar-refractivity contribution in [3.63, 3.8) is 0 Å². The Morgan fingerprint density at radius 1 is 1.33 bits per heavy atom. The minimum Gasteiger partial charge on any atom is -0.263 e. The van der Waals surface area contributed by atoms with Gasteiger partial charge in [-0.25, -0.2) is 13.4 Å². The first-order valence-corrected chi connectivity index (χ1v) is 8.03. The average Bonchev–Trinajstić information content (AvgIpc) is 2.83. The Hall–Kier alpha value is -1.70. The summed E-state index contributed by atoms with van der Waals surface area (Å²) in [6.45, 7) is 1.86. The molecule has 0 spiro atoms. The predicted octanol–water partition coefficient (Wildman–Crippen LogP) is 2.20. The molecule has 8 heteroatoms. The largest absolute Gasteiger partial charge is 0.263 e. The van der Waals surface area contributed by atoms with E-state index in [9.17, 15) is 8.42 Å². The zero-order chi connectivity index (χ0) is 15.5. The molecule has 0 bridgehead atoms. The van der Waals surface area contributed by atoms with Gasteiger partial charge in [0.15, 0.2) is 5.82 Å². The molecule has 0 saturated carbocycles. The number of benzene rings is 1. The van der Waals surface area contributed by atoms with Crippen LogP contribution in [0, 0.1) is 6.92 Å². The van der Waals surface area contributed by atoms with Crippen molar-refractivity contribution >= 4 is 27.7 Å². The van der Waals surface area contributed by atoms with Crippen LogP contribution in [0.4, 0.5) is 0 Å². The van der Waals surface area contributed by atoms with Gasteiger partial charge in [-0.05, 0) is 30.7 Å². The van der Waals surface area contributed by atoms with Crippen molar-refractivity contribution in [2.75, 3.05) is 7.05 Å². The van der Waals surface area contributed by atoms with Crippen LogP contribution in [0.1, 0.15) is 17.2 Å². The molecule has 0 amide bonds. The van der Waals surface area contributed by atoms with E-state index in [2.05, 4.69) is 15.2 Å². The number of nitrogens with zero attached hydrogens (tertiary/aromatic N) is 3. The van der Waals surface area contributed by atoms with Crippen molar-refractivity contribution in [3.05, 3.63) is 51.9 Å². The van der Waals surface area contributed by atoms with Gasteiger partial charge >= 0.3 is 0 Å². The summed E-state index contributed by atoms with van der Waals surface area (Å²) in [6, 6.07) is 6.89. The minimum absolute atomic E-state index is 0.109. The molecule has 0 aliphatic rings. The summed E-state index contributed by atoms with van der Waals surface area (Å²) in [5, 5.41) is 8.34. The number of aromatic nitrogens is 3. The highest BCUT2D eigenvalue weighted by Crippen LogP contribution is 2.12. The molecule has 2 aromatic rings. The van der Waals surface area contributed by atoms with E-state index in [1.807, 2.05) is 0 Å². The fourth-order valence-corrected chi connectivity index (χ4v) is 2.55. The molecule has 0 saturated heterocycles. The van der Waals surface area contributed by atoms with Crippen LogP contribution >= 0.6 is 11.6 Å². The van der Waals surface area contributed by atoms with Crippen LogP contribution in [0.5, 0.6) is 0 Å². The summed E-state index contributed by atoms with van der Waals surface area (Å²) in [7, 11) is -2.05. The van der Waals surface area contributed by atoms with Crippen LogP contribution < -0.4 is 0 Å². The van der Waals surface area contributed by atoms with E-state index in [4.69, 9.17) is 11.6 Å². The molecular formula is C13H15ClN4O2S. The van der Waals surface area contributed by atoms with Crippen molar-refractivity contribution in [1.82, 2.24) is 19.5 Å². The summed E-state index contributed by atoms with van der Waals surface area (Å²) in [4.78, 5) is 4.08. The number of H-pyrrole nitrogens is 1. The molecule has 6 nitrogen and oxygen atoms in total. The number of sulfonamides is 1. The molecule has 1 N–H and O–H groups in total. The molecule has 1 heterocycles. The van der Waals surface area contributed by atoms with E-state index in [1.54, 1.807) is 31.2 Å². The smallest absolute Gasteiger partial charge is 0.236 e. The van der Waals surface area contributed by atoms with Gasteiger partial charge in [0.05, 0.1) is 6.54 Å². The second-order valence-electron chi connectivity index (χ2n) is 4.49. The normalized spacial score (nSPS) is 12.4. The van der Waals surface area contributed by atoms with Crippen LogP contribution in [0.15, 0.2) is 29.7 Å². The highest BCUT2D eigenvalue weighted by atomic mass is 35.5. The van der Waals surface area contributed by atoms with E-state index < -0.39 is 10.0 Å². The number of hydrogen-bond acceptors (Lipinski definition) is 4. The van der Waals surface area contributed by atoms with Crippen molar-refractivity contribution in [1.29, 1.82) is 0 Å². The number of aromatic amines is 1. The van der Waals surface area contributed by atoms with E-state index in [-0.39, 0.29) is 6.54 Å². The third kappa shape index (κ3) is 4.38. The molecule has 112 valence electrons. The third-order valence-corrected chi connectivity index (χ3v) is 4.47. The topological polar surface area (TPSA) is 79.0 Å². The number of nitrogens with one attached hydrogen (secondary N) is 1. The van der Waals surface area contributed by atoms with Gasteiger partial charge in [0, 0.05) is 17.5 Å². The molecule has 1 aromatic carbocycles. The zero-order valence-electron chi connectivity index (χ0n) is 11.6. The molecule has 0 unspecified atom stereocenters. The Morgan fingerprint density at radius 2 is 2.00 bits per heavy atom. The molecule has 2 rings (SSSR count). The van der Waals surface area contributed by atoms with Gasteiger partial charge in [-0.1, -0.05) is 23.7 Å². The predicted molar refractivity (Wildman–Crippen MR) is 82.0 cm³/mol. The van der Waals surface area contributed by atoms with Crippen LogP contribution in [-0.4, -0.2) is 35.0 Å². The Labute approximate surface area is 128 Å². The van der Waals surface area contributed by atoms with Gasteiger partial charge in [-0.3, -0.25) is 5.10 Å². The van der Waals surface area contributed by atoms with E-state index in [0.717, 1.165) is 11.0 Å². The van der Waals surface area contributed by atoms with Gasteiger partial charge in [0.25, 0.3) is 0 Å². The number of hydrogen-bond donors (Lipinski definition) is 1. The molecule has 0 aliphatic heterocycles. The van der Waals surface area contributed by atoms with Crippen LogP contribution in [0.2, 0.25) is 5.02 Å². The fraction of sp³-hybridized carbons (Fsp3) is 0.231. The van der Waals surface area contributed by atoms with Crippen LogP contribution in [0.25, 0.3) is 6.08 Å². The maximum atomic E-state index is 12.1. The van der Waals surface area contributed by atoms with Gasteiger partial charge in [-0.2, -0.15) is 9.40 Å².